The van der Waals surface area contributed by atoms with E-state index in [4.69, 9.17) is 27.8 Å². The molecule has 88 valence electrons. The summed E-state index contributed by atoms with van der Waals surface area (Å²) in [5, 5.41) is 0.604. The molecule has 0 aliphatic rings. The van der Waals surface area contributed by atoms with Gasteiger partial charge in [0.15, 0.2) is 0 Å². The molecule has 1 aromatic carbocycles. The average molecular weight is 250 g/mol. The van der Waals surface area contributed by atoms with E-state index in [1.54, 1.807) is 25.3 Å². The summed E-state index contributed by atoms with van der Waals surface area (Å²) >= 11 is 5.90. The van der Waals surface area contributed by atoms with E-state index in [9.17, 15) is 0 Å². The van der Waals surface area contributed by atoms with E-state index < -0.39 is 0 Å². The van der Waals surface area contributed by atoms with Crippen LogP contribution in [0, 0.1) is 0 Å². The fourth-order valence-electron chi connectivity index (χ4n) is 1.61. The molecular formula is C12H12ClN3O. The van der Waals surface area contributed by atoms with Crippen LogP contribution in [0.1, 0.15) is 0 Å². The number of aromatic nitrogens is 1. The molecular weight excluding hydrogens is 238 g/mol. The molecule has 0 spiro atoms. The third-order valence-electron chi connectivity index (χ3n) is 2.40. The van der Waals surface area contributed by atoms with Gasteiger partial charge in [-0.25, -0.2) is 4.98 Å². The molecule has 5 heteroatoms. The molecule has 0 fully saturated rings. The maximum atomic E-state index is 5.90. The zero-order valence-corrected chi connectivity index (χ0v) is 10.0. The molecule has 17 heavy (non-hydrogen) atoms. The molecule has 2 rings (SSSR count). The summed E-state index contributed by atoms with van der Waals surface area (Å²) < 4.78 is 5.27. The maximum Gasteiger partial charge on any atom is 0.133 e. The SMILES string of the molecule is COc1cc(Cl)ccc1-c1ccc(N)nc1N. The minimum atomic E-state index is 0.366. The predicted molar refractivity (Wildman–Crippen MR) is 70.1 cm³/mol. The van der Waals surface area contributed by atoms with Crippen LogP contribution in [-0.2, 0) is 0 Å². The molecule has 0 aliphatic heterocycles. The van der Waals surface area contributed by atoms with Gasteiger partial charge in [0.1, 0.15) is 17.4 Å². The summed E-state index contributed by atoms with van der Waals surface area (Å²) in [6, 6.07) is 8.84. The lowest BCUT2D eigenvalue weighted by Crippen LogP contribution is -1.99. The summed E-state index contributed by atoms with van der Waals surface area (Å²) in [5.41, 5.74) is 13.0. The Kier molecular flexibility index (Phi) is 3.06. The topological polar surface area (TPSA) is 74.2 Å². The number of benzene rings is 1. The van der Waals surface area contributed by atoms with Crippen molar-refractivity contribution in [3.05, 3.63) is 35.4 Å². The van der Waals surface area contributed by atoms with Crippen molar-refractivity contribution in [3.63, 3.8) is 0 Å². The van der Waals surface area contributed by atoms with Crippen molar-refractivity contribution < 1.29 is 4.74 Å². The number of hydrogen-bond donors (Lipinski definition) is 2. The lowest BCUT2D eigenvalue weighted by atomic mass is 10.1. The van der Waals surface area contributed by atoms with Crippen LogP contribution in [0.4, 0.5) is 11.6 Å². The van der Waals surface area contributed by atoms with Gasteiger partial charge in [-0.1, -0.05) is 11.6 Å². The van der Waals surface area contributed by atoms with Gasteiger partial charge in [-0.2, -0.15) is 0 Å². The van der Waals surface area contributed by atoms with Crippen molar-refractivity contribution in [3.8, 4) is 16.9 Å². The quantitative estimate of drug-likeness (QED) is 0.858. The van der Waals surface area contributed by atoms with Gasteiger partial charge >= 0.3 is 0 Å². The minimum absolute atomic E-state index is 0.366. The van der Waals surface area contributed by atoms with Crippen molar-refractivity contribution in [2.24, 2.45) is 0 Å². The molecule has 0 atom stereocenters. The number of nitrogens with zero attached hydrogens (tertiary/aromatic N) is 1. The summed E-state index contributed by atoms with van der Waals surface area (Å²) in [6.07, 6.45) is 0. The van der Waals surface area contributed by atoms with Crippen LogP contribution in [0.15, 0.2) is 30.3 Å². The fraction of sp³-hybridized carbons (Fsp3) is 0.0833. The highest BCUT2D eigenvalue weighted by atomic mass is 35.5. The Hall–Kier alpha value is -1.94. The highest BCUT2D eigenvalue weighted by Gasteiger charge is 2.10. The summed E-state index contributed by atoms with van der Waals surface area (Å²) in [7, 11) is 1.58. The Bertz CT molecular complexity index is 557. The second-order valence-corrected chi connectivity index (χ2v) is 3.95. The number of ether oxygens (including phenoxy) is 1. The van der Waals surface area contributed by atoms with E-state index in [-0.39, 0.29) is 0 Å². The van der Waals surface area contributed by atoms with Crippen LogP contribution in [0.3, 0.4) is 0 Å². The number of halogens is 1. The van der Waals surface area contributed by atoms with E-state index in [0.29, 0.717) is 22.4 Å². The first-order valence-corrected chi connectivity index (χ1v) is 5.35. The first-order valence-electron chi connectivity index (χ1n) is 4.97. The number of pyridine rings is 1. The van der Waals surface area contributed by atoms with Crippen LogP contribution in [0.2, 0.25) is 5.02 Å². The molecule has 0 radical (unpaired) electrons. The molecule has 1 heterocycles. The maximum absolute atomic E-state index is 5.90. The highest BCUT2D eigenvalue weighted by molar-refractivity contribution is 6.30. The van der Waals surface area contributed by atoms with Crippen LogP contribution in [0.25, 0.3) is 11.1 Å². The molecule has 0 bridgehead atoms. The Balaban J connectivity index is 2.60. The normalized spacial score (nSPS) is 10.2. The number of nitrogens with two attached hydrogens (primary N) is 2. The predicted octanol–water partition coefficient (Wildman–Crippen LogP) is 2.58. The number of hydrogen-bond acceptors (Lipinski definition) is 4. The van der Waals surface area contributed by atoms with Crippen LogP contribution in [0.5, 0.6) is 5.75 Å². The highest BCUT2D eigenvalue weighted by Crippen LogP contribution is 2.35. The standard InChI is InChI=1S/C12H12ClN3O/c1-17-10-6-7(13)2-3-8(10)9-4-5-11(14)16-12(9)15/h2-6H,1H3,(H4,14,15,16). The van der Waals surface area contributed by atoms with Crippen LogP contribution < -0.4 is 16.2 Å². The summed E-state index contributed by atoms with van der Waals surface area (Å²) in [6.45, 7) is 0. The van der Waals surface area contributed by atoms with Crippen molar-refractivity contribution >= 4 is 23.2 Å². The largest absolute Gasteiger partial charge is 0.496 e. The summed E-state index contributed by atoms with van der Waals surface area (Å²) in [5.74, 6) is 1.40. The Morgan fingerprint density at radius 3 is 2.47 bits per heavy atom. The zero-order valence-electron chi connectivity index (χ0n) is 9.27. The van der Waals surface area contributed by atoms with Crippen LogP contribution in [-0.4, -0.2) is 12.1 Å². The van der Waals surface area contributed by atoms with E-state index in [1.807, 2.05) is 12.1 Å². The van der Waals surface area contributed by atoms with E-state index in [1.165, 1.54) is 0 Å². The van der Waals surface area contributed by atoms with Gasteiger partial charge in [0.2, 0.25) is 0 Å². The lowest BCUT2D eigenvalue weighted by molar-refractivity contribution is 0.416. The smallest absolute Gasteiger partial charge is 0.133 e. The van der Waals surface area contributed by atoms with Crippen molar-refractivity contribution in [2.75, 3.05) is 18.6 Å². The van der Waals surface area contributed by atoms with Gasteiger partial charge in [-0.3, -0.25) is 0 Å². The van der Waals surface area contributed by atoms with Gasteiger partial charge in [0.25, 0.3) is 0 Å². The zero-order chi connectivity index (χ0) is 12.4. The first kappa shape index (κ1) is 11.5. The van der Waals surface area contributed by atoms with Crippen molar-refractivity contribution in [1.82, 2.24) is 4.98 Å². The molecule has 0 amide bonds. The minimum Gasteiger partial charge on any atom is -0.496 e. The number of anilines is 2. The van der Waals surface area contributed by atoms with Gasteiger partial charge in [-0.05, 0) is 30.3 Å². The summed E-state index contributed by atoms with van der Waals surface area (Å²) in [4.78, 5) is 4.01. The molecule has 0 aliphatic carbocycles. The average Bonchev–Trinajstić information content (AvgIpc) is 2.30. The monoisotopic (exact) mass is 249 g/mol. The molecule has 1 aromatic heterocycles. The third kappa shape index (κ3) is 2.26. The Morgan fingerprint density at radius 2 is 1.82 bits per heavy atom. The van der Waals surface area contributed by atoms with E-state index >= 15 is 0 Å². The molecule has 0 unspecified atom stereocenters. The number of nitrogen functional groups attached to an aromatic ring is 2. The van der Waals surface area contributed by atoms with Crippen LogP contribution >= 0.6 is 11.6 Å². The molecule has 0 saturated heterocycles. The van der Waals surface area contributed by atoms with Crippen molar-refractivity contribution in [1.29, 1.82) is 0 Å². The van der Waals surface area contributed by atoms with Gasteiger partial charge in [0.05, 0.1) is 7.11 Å². The molecule has 4 nitrogen and oxygen atoms in total. The van der Waals surface area contributed by atoms with E-state index in [0.717, 1.165) is 11.1 Å². The second kappa shape index (κ2) is 4.51. The molecule has 4 N–H and O–H groups in total. The lowest BCUT2D eigenvalue weighted by Gasteiger charge is -2.10. The first-order chi connectivity index (χ1) is 8.11. The third-order valence-corrected chi connectivity index (χ3v) is 2.64. The number of rotatable bonds is 2. The van der Waals surface area contributed by atoms with Gasteiger partial charge in [0, 0.05) is 16.1 Å². The molecule has 2 aromatic rings. The fourth-order valence-corrected chi connectivity index (χ4v) is 1.77. The van der Waals surface area contributed by atoms with E-state index in [2.05, 4.69) is 4.98 Å². The van der Waals surface area contributed by atoms with Crippen molar-refractivity contribution in [2.45, 2.75) is 0 Å². The van der Waals surface area contributed by atoms with Gasteiger partial charge < -0.3 is 16.2 Å². The van der Waals surface area contributed by atoms with Gasteiger partial charge in [-0.15, -0.1) is 0 Å². The molecule has 0 saturated carbocycles. The Morgan fingerprint density at radius 1 is 1.12 bits per heavy atom. The Labute approximate surface area is 104 Å². The second-order valence-electron chi connectivity index (χ2n) is 3.51. The number of methoxy groups -OCH3 is 1.